The Morgan fingerprint density at radius 3 is 2.60 bits per heavy atom. The molecular weight excluding hydrogens is 322 g/mol. The standard InChI is InChI=1S/C18H17N3O4/c1-2-24-17(22)13-7-9-14(10-8-13)20-18(23)25-12-21-11-19-15-5-3-4-6-16(15)21/h3-11H,2,12H2,1H3,(H,20,23). The number of carbonyl (C=O) groups excluding carboxylic acids is 2. The van der Waals surface area contributed by atoms with E-state index in [1.54, 1.807) is 42.1 Å². The van der Waals surface area contributed by atoms with Crippen LogP contribution in [-0.2, 0) is 16.2 Å². The van der Waals surface area contributed by atoms with Gasteiger partial charge in [-0.25, -0.2) is 14.6 Å². The monoisotopic (exact) mass is 339 g/mol. The van der Waals surface area contributed by atoms with Crippen molar-refractivity contribution in [1.29, 1.82) is 0 Å². The van der Waals surface area contributed by atoms with Crippen LogP contribution >= 0.6 is 0 Å². The summed E-state index contributed by atoms with van der Waals surface area (Å²) in [6.45, 7) is 2.11. The fraction of sp³-hybridized carbons (Fsp3) is 0.167. The Morgan fingerprint density at radius 2 is 1.84 bits per heavy atom. The van der Waals surface area contributed by atoms with Crippen molar-refractivity contribution in [1.82, 2.24) is 9.55 Å². The molecule has 0 spiro atoms. The predicted molar refractivity (Wildman–Crippen MR) is 92.2 cm³/mol. The summed E-state index contributed by atoms with van der Waals surface area (Å²) >= 11 is 0. The summed E-state index contributed by atoms with van der Waals surface area (Å²) < 4.78 is 11.8. The number of imidazole rings is 1. The summed E-state index contributed by atoms with van der Waals surface area (Å²) in [7, 11) is 0. The first kappa shape index (κ1) is 16.5. The zero-order valence-electron chi connectivity index (χ0n) is 13.6. The van der Waals surface area contributed by atoms with Gasteiger partial charge in [0.25, 0.3) is 0 Å². The molecule has 1 heterocycles. The molecule has 0 aliphatic heterocycles. The highest BCUT2D eigenvalue weighted by molar-refractivity contribution is 5.91. The minimum Gasteiger partial charge on any atom is -0.462 e. The smallest absolute Gasteiger partial charge is 0.413 e. The molecule has 3 rings (SSSR count). The first-order chi connectivity index (χ1) is 12.2. The summed E-state index contributed by atoms with van der Waals surface area (Å²) in [5, 5.41) is 2.60. The Labute approximate surface area is 144 Å². The molecule has 0 radical (unpaired) electrons. The Balaban J connectivity index is 1.56. The second-order valence-electron chi connectivity index (χ2n) is 5.19. The van der Waals surface area contributed by atoms with Gasteiger partial charge in [-0.1, -0.05) is 12.1 Å². The Bertz CT molecular complexity index is 887. The van der Waals surface area contributed by atoms with E-state index >= 15 is 0 Å². The highest BCUT2D eigenvalue weighted by atomic mass is 16.6. The number of benzene rings is 2. The van der Waals surface area contributed by atoms with Gasteiger partial charge in [0.1, 0.15) is 0 Å². The Kier molecular flexibility index (Phi) is 4.94. The minimum absolute atomic E-state index is 0.0489. The molecule has 0 bridgehead atoms. The van der Waals surface area contributed by atoms with Gasteiger partial charge in [-0.2, -0.15) is 0 Å². The first-order valence-electron chi connectivity index (χ1n) is 7.78. The Morgan fingerprint density at radius 1 is 1.08 bits per heavy atom. The van der Waals surface area contributed by atoms with Crippen molar-refractivity contribution in [2.75, 3.05) is 11.9 Å². The number of amides is 1. The first-order valence-corrected chi connectivity index (χ1v) is 7.78. The van der Waals surface area contributed by atoms with Gasteiger partial charge in [-0.15, -0.1) is 0 Å². The molecule has 0 unspecified atom stereocenters. The van der Waals surface area contributed by atoms with Crippen molar-refractivity contribution in [2.24, 2.45) is 0 Å². The molecule has 7 heteroatoms. The minimum atomic E-state index is -0.596. The number of carbonyl (C=O) groups is 2. The zero-order chi connectivity index (χ0) is 17.6. The molecular formula is C18H17N3O4. The normalized spacial score (nSPS) is 10.4. The molecule has 128 valence electrons. The van der Waals surface area contributed by atoms with Crippen LogP contribution < -0.4 is 5.32 Å². The molecule has 25 heavy (non-hydrogen) atoms. The van der Waals surface area contributed by atoms with Crippen LogP contribution in [0.15, 0.2) is 54.9 Å². The Hall–Kier alpha value is -3.35. The molecule has 1 aromatic heterocycles. The number of fused-ring (bicyclic) bond motifs is 1. The third-order valence-corrected chi connectivity index (χ3v) is 3.50. The quantitative estimate of drug-likeness (QED) is 0.720. The zero-order valence-corrected chi connectivity index (χ0v) is 13.6. The number of nitrogens with zero attached hydrogens (tertiary/aromatic N) is 2. The van der Waals surface area contributed by atoms with Gasteiger partial charge in [0, 0.05) is 5.69 Å². The lowest BCUT2D eigenvalue weighted by atomic mass is 10.2. The van der Waals surface area contributed by atoms with Crippen LogP contribution in [0.2, 0.25) is 0 Å². The molecule has 2 aromatic carbocycles. The van der Waals surface area contributed by atoms with Gasteiger partial charge in [-0.05, 0) is 43.3 Å². The lowest BCUT2D eigenvalue weighted by molar-refractivity contribution is 0.0526. The molecule has 0 aliphatic rings. The molecule has 0 saturated carbocycles. The predicted octanol–water partition coefficient (Wildman–Crippen LogP) is 3.42. The number of ether oxygens (including phenoxy) is 2. The second kappa shape index (κ2) is 7.48. The van der Waals surface area contributed by atoms with Crippen molar-refractivity contribution in [3.05, 3.63) is 60.4 Å². The maximum atomic E-state index is 11.9. The molecule has 7 nitrogen and oxygen atoms in total. The van der Waals surface area contributed by atoms with Crippen LogP contribution in [0.25, 0.3) is 11.0 Å². The second-order valence-corrected chi connectivity index (χ2v) is 5.19. The van der Waals surface area contributed by atoms with Crippen molar-refractivity contribution < 1.29 is 19.1 Å². The lowest BCUT2D eigenvalue weighted by Crippen LogP contribution is -2.16. The summed E-state index contributed by atoms with van der Waals surface area (Å²) in [6, 6.07) is 14.0. The van der Waals surface area contributed by atoms with Gasteiger partial charge < -0.3 is 9.47 Å². The average molecular weight is 339 g/mol. The van der Waals surface area contributed by atoms with Gasteiger partial charge >= 0.3 is 12.1 Å². The molecule has 0 saturated heterocycles. The lowest BCUT2D eigenvalue weighted by Gasteiger charge is -2.09. The van der Waals surface area contributed by atoms with Crippen molar-refractivity contribution in [2.45, 2.75) is 13.7 Å². The van der Waals surface area contributed by atoms with Crippen LogP contribution in [0.1, 0.15) is 17.3 Å². The number of nitrogens with one attached hydrogen (secondary N) is 1. The summed E-state index contributed by atoms with van der Waals surface area (Å²) in [5.41, 5.74) is 2.66. The molecule has 0 atom stereocenters. The van der Waals surface area contributed by atoms with E-state index in [-0.39, 0.29) is 6.73 Å². The third kappa shape index (κ3) is 3.95. The van der Waals surface area contributed by atoms with Gasteiger partial charge in [0.15, 0.2) is 6.73 Å². The van der Waals surface area contributed by atoms with E-state index in [1.807, 2.05) is 24.3 Å². The topological polar surface area (TPSA) is 82.5 Å². The molecule has 3 aromatic rings. The van der Waals surface area contributed by atoms with E-state index in [1.165, 1.54) is 0 Å². The number of para-hydroxylation sites is 2. The number of hydrogen-bond acceptors (Lipinski definition) is 5. The highest BCUT2D eigenvalue weighted by Gasteiger charge is 2.08. The number of rotatable bonds is 5. The third-order valence-electron chi connectivity index (χ3n) is 3.50. The number of aromatic nitrogens is 2. The van der Waals surface area contributed by atoms with E-state index < -0.39 is 12.1 Å². The molecule has 0 fully saturated rings. The van der Waals surface area contributed by atoms with E-state index in [0.717, 1.165) is 11.0 Å². The van der Waals surface area contributed by atoms with Crippen LogP contribution in [0, 0.1) is 0 Å². The number of esters is 1. The van der Waals surface area contributed by atoms with Crippen molar-refractivity contribution in [3.63, 3.8) is 0 Å². The largest absolute Gasteiger partial charge is 0.462 e. The van der Waals surface area contributed by atoms with Gasteiger partial charge in [-0.3, -0.25) is 9.88 Å². The van der Waals surface area contributed by atoms with E-state index in [4.69, 9.17) is 9.47 Å². The molecule has 1 N–H and O–H groups in total. The van der Waals surface area contributed by atoms with Crippen LogP contribution in [0.4, 0.5) is 10.5 Å². The number of anilines is 1. The SMILES string of the molecule is CCOC(=O)c1ccc(NC(=O)OCn2cnc3ccccc32)cc1. The van der Waals surface area contributed by atoms with Crippen LogP contribution in [-0.4, -0.2) is 28.2 Å². The summed E-state index contributed by atoms with van der Waals surface area (Å²) in [6.07, 6.45) is 1.02. The van der Waals surface area contributed by atoms with Gasteiger partial charge in [0.05, 0.1) is 29.5 Å². The molecule has 1 amide bonds. The van der Waals surface area contributed by atoms with Crippen molar-refractivity contribution >= 4 is 28.8 Å². The maximum Gasteiger partial charge on any atom is 0.413 e. The fourth-order valence-electron chi connectivity index (χ4n) is 2.30. The fourth-order valence-corrected chi connectivity index (χ4v) is 2.30. The average Bonchev–Trinajstić information content (AvgIpc) is 3.04. The van der Waals surface area contributed by atoms with E-state index in [0.29, 0.717) is 17.9 Å². The van der Waals surface area contributed by atoms with Crippen LogP contribution in [0.5, 0.6) is 0 Å². The highest BCUT2D eigenvalue weighted by Crippen LogP contribution is 2.13. The maximum absolute atomic E-state index is 11.9. The summed E-state index contributed by atoms with van der Waals surface area (Å²) in [4.78, 5) is 27.7. The van der Waals surface area contributed by atoms with Crippen molar-refractivity contribution in [3.8, 4) is 0 Å². The van der Waals surface area contributed by atoms with E-state index in [2.05, 4.69) is 10.3 Å². The number of hydrogen-bond donors (Lipinski definition) is 1. The molecule has 0 aliphatic carbocycles. The summed E-state index contributed by atoms with van der Waals surface area (Å²) in [5.74, 6) is -0.399. The van der Waals surface area contributed by atoms with Crippen LogP contribution in [0.3, 0.4) is 0 Å². The van der Waals surface area contributed by atoms with E-state index in [9.17, 15) is 9.59 Å². The van der Waals surface area contributed by atoms with Gasteiger partial charge in [0.2, 0.25) is 0 Å².